The van der Waals surface area contributed by atoms with Gasteiger partial charge in [-0.2, -0.15) is 0 Å². The van der Waals surface area contributed by atoms with Gasteiger partial charge < -0.3 is 9.47 Å². The maximum atomic E-state index is 12.4. The lowest BCUT2D eigenvalue weighted by Crippen LogP contribution is -2.34. The third-order valence-electron chi connectivity index (χ3n) is 4.81. The second-order valence-electron chi connectivity index (χ2n) is 8.11. The van der Waals surface area contributed by atoms with Crippen LogP contribution in [-0.2, 0) is 19.1 Å². The number of allylic oxidation sites excluding steroid dienone is 2. The normalized spacial score (nSPS) is 19.8. The quantitative estimate of drug-likeness (QED) is 0.262. The van der Waals surface area contributed by atoms with Gasteiger partial charge in [0.2, 0.25) is 0 Å². The summed E-state index contributed by atoms with van der Waals surface area (Å²) in [4.78, 5) is 24.6. The first-order valence-electron chi connectivity index (χ1n) is 10.4. The van der Waals surface area contributed by atoms with Crippen LogP contribution in [0.4, 0.5) is 0 Å². The van der Waals surface area contributed by atoms with Gasteiger partial charge in [0.15, 0.2) is 0 Å². The van der Waals surface area contributed by atoms with Gasteiger partial charge in [-0.3, -0.25) is 9.59 Å². The Hall–Kier alpha value is -1.32. The maximum Gasteiger partial charge on any atom is 0.310 e. The minimum Gasteiger partial charge on any atom is -0.465 e. The minimum absolute atomic E-state index is 0.161. The van der Waals surface area contributed by atoms with E-state index in [-0.39, 0.29) is 18.0 Å². The predicted octanol–water partition coefficient (Wildman–Crippen LogP) is 5.45. The van der Waals surface area contributed by atoms with Crippen LogP contribution >= 0.6 is 0 Å². The van der Waals surface area contributed by atoms with Crippen LogP contribution in [0.1, 0.15) is 85.5 Å². The molecule has 0 aromatic rings. The molecule has 0 fully saturated rings. The van der Waals surface area contributed by atoms with Crippen molar-refractivity contribution in [3.63, 3.8) is 0 Å². The van der Waals surface area contributed by atoms with Crippen LogP contribution in [-0.4, -0.2) is 24.6 Å². The van der Waals surface area contributed by atoms with E-state index in [1.807, 2.05) is 26.0 Å². The number of carbonyl (C=O) groups excluding carboxylic acids is 2. The van der Waals surface area contributed by atoms with Crippen molar-refractivity contribution in [1.29, 1.82) is 0 Å². The topological polar surface area (TPSA) is 52.6 Å². The molecule has 0 radical (unpaired) electrons. The zero-order valence-corrected chi connectivity index (χ0v) is 17.2. The minimum atomic E-state index is -0.407. The number of esters is 2. The van der Waals surface area contributed by atoms with Crippen LogP contribution in [0.3, 0.4) is 0 Å². The molecule has 0 bridgehead atoms. The third-order valence-corrected chi connectivity index (χ3v) is 4.81. The second-order valence-corrected chi connectivity index (χ2v) is 8.11. The van der Waals surface area contributed by atoms with Crippen LogP contribution < -0.4 is 0 Å². The Bertz CT molecular complexity index is 439. The van der Waals surface area contributed by atoms with Crippen LogP contribution in [0, 0.1) is 17.8 Å². The molecule has 150 valence electrons. The number of ether oxygens (including phenoxy) is 2. The van der Waals surface area contributed by atoms with Crippen molar-refractivity contribution >= 4 is 11.9 Å². The summed E-state index contributed by atoms with van der Waals surface area (Å²) in [7, 11) is 0. The van der Waals surface area contributed by atoms with E-state index in [4.69, 9.17) is 9.47 Å². The Morgan fingerprint density at radius 1 is 0.846 bits per heavy atom. The molecule has 1 aliphatic rings. The maximum absolute atomic E-state index is 12.4. The summed E-state index contributed by atoms with van der Waals surface area (Å²) in [6.45, 7) is 8.64. The first kappa shape index (κ1) is 22.7. The Labute approximate surface area is 159 Å². The number of hydrogen-bond donors (Lipinski definition) is 0. The average Bonchev–Trinajstić information content (AvgIpc) is 2.59. The fraction of sp³-hybridized carbons (Fsp3) is 0.818. The molecule has 2 unspecified atom stereocenters. The Morgan fingerprint density at radius 3 is 1.96 bits per heavy atom. The molecule has 0 saturated carbocycles. The summed E-state index contributed by atoms with van der Waals surface area (Å²) in [6, 6.07) is 0. The molecule has 0 N–H and O–H groups in total. The summed E-state index contributed by atoms with van der Waals surface area (Å²) in [5, 5.41) is 0. The second kappa shape index (κ2) is 12.9. The highest BCUT2D eigenvalue weighted by Gasteiger charge is 2.36. The molecular weight excluding hydrogens is 328 g/mol. The van der Waals surface area contributed by atoms with Gasteiger partial charge in [0.05, 0.1) is 24.5 Å². The molecule has 1 rings (SSSR count). The molecule has 0 amide bonds. The van der Waals surface area contributed by atoms with Gasteiger partial charge in [0.25, 0.3) is 0 Å². The molecular formula is C22H38O4. The van der Waals surface area contributed by atoms with Gasteiger partial charge in [-0.05, 0) is 39.0 Å². The largest absolute Gasteiger partial charge is 0.465 e. The summed E-state index contributed by atoms with van der Waals surface area (Å²) in [5.74, 6) is -0.548. The molecule has 0 aliphatic heterocycles. The first-order valence-corrected chi connectivity index (χ1v) is 10.4. The van der Waals surface area contributed by atoms with E-state index in [9.17, 15) is 9.59 Å². The van der Waals surface area contributed by atoms with Crippen molar-refractivity contribution in [2.75, 3.05) is 6.61 Å². The fourth-order valence-corrected chi connectivity index (χ4v) is 3.30. The molecule has 4 heteroatoms. The number of rotatable bonds is 12. The van der Waals surface area contributed by atoms with Gasteiger partial charge in [-0.1, -0.05) is 64.5 Å². The van der Waals surface area contributed by atoms with Crippen molar-refractivity contribution in [1.82, 2.24) is 0 Å². The highest BCUT2D eigenvalue weighted by molar-refractivity contribution is 5.82. The first-order chi connectivity index (χ1) is 12.4. The number of hydrogen-bond acceptors (Lipinski definition) is 4. The predicted molar refractivity (Wildman–Crippen MR) is 105 cm³/mol. The zero-order valence-electron chi connectivity index (χ0n) is 17.2. The highest BCUT2D eigenvalue weighted by Crippen LogP contribution is 2.28. The highest BCUT2D eigenvalue weighted by atomic mass is 16.5. The molecule has 0 aromatic heterocycles. The Morgan fingerprint density at radius 2 is 1.38 bits per heavy atom. The Kier molecular flexibility index (Phi) is 11.3. The lowest BCUT2D eigenvalue weighted by atomic mass is 9.83. The van der Waals surface area contributed by atoms with Gasteiger partial charge >= 0.3 is 11.9 Å². The van der Waals surface area contributed by atoms with Crippen LogP contribution in [0.2, 0.25) is 0 Å². The van der Waals surface area contributed by atoms with Gasteiger partial charge in [-0.25, -0.2) is 0 Å². The van der Waals surface area contributed by atoms with Crippen LogP contribution in [0.5, 0.6) is 0 Å². The van der Waals surface area contributed by atoms with E-state index in [1.54, 1.807) is 0 Å². The van der Waals surface area contributed by atoms with Crippen molar-refractivity contribution in [2.45, 2.75) is 91.6 Å². The molecule has 0 saturated heterocycles. The van der Waals surface area contributed by atoms with Crippen molar-refractivity contribution in [3.8, 4) is 0 Å². The van der Waals surface area contributed by atoms with Crippen LogP contribution in [0.25, 0.3) is 0 Å². The Balaban J connectivity index is 2.20. The fourth-order valence-electron chi connectivity index (χ4n) is 3.30. The number of carbonyl (C=O) groups is 2. The molecule has 0 spiro atoms. The standard InChI is InChI=1S/C22H38O4/c1-17(2)13-9-7-5-6-8-12-16-25-21(23)19-14-10-11-15-20(19)22(24)26-18(3)4/h10-11,17-20H,5-9,12-16H2,1-4H3. The van der Waals surface area contributed by atoms with Crippen LogP contribution in [0.15, 0.2) is 12.2 Å². The molecule has 26 heavy (non-hydrogen) atoms. The van der Waals surface area contributed by atoms with E-state index in [0.717, 1.165) is 18.8 Å². The van der Waals surface area contributed by atoms with Crippen molar-refractivity contribution in [2.24, 2.45) is 17.8 Å². The van der Waals surface area contributed by atoms with Crippen molar-refractivity contribution in [3.05, 3.63) is 12.2 Å². The summed E-state index contributed by atoms with van der Waals surface area (Å²) in [6.07, 6.45) is 13.3. The summed E-state index contributed by atoms with van der Waals surface area (Å²) >= 11 is 0. The molecule has 4 nitrogen and oxygen atoms in total. The van der Waals surface area contributed by atoms with Gasteiger partial charge in [0, 0.05) is 0 Å². The monoisotopic (exact) mass is 366 g/mol. The van der Waals surface area contributed by atoms with Gasteiger partial charge in [-0.15, -0.1) is 0 Å². The summed E-state index contributed by atoms with van der Waals surface area (Å²) in [5.41, 5.74) is 0. The van der Waals surface area contributed by atoms with E-state index in [0.29, 0.717) is 19.4 Å². The average molecular weight is 367 g/mol. The molecule has 2 atom stereocenters. The lowest BCUT2D eigenvalue weighted by molar-refractivity contribution is -0.163. The van der Waals surface area contributed by atoms with Gasteiger partial charge in [0.1, 0.15) is 0 Å². The van der Waals surface area contributed by atoms with E-state index < -0.39 is 11.8 Å². The molecule has 0 aromatic carbocycles. The third kappa shape index (κ3) is 9.40. The molecule has 1 aliphatic carbocycles. The van der Waals surface area contributed by atoms with E-state index in [1.165, 1.54) is 32.1 Å². The lowest BCUT2D eigenvalue weighted by Gasteiger charge is -2.26. The van der Waals surface area contributed by atoms with E-state index in [2.05, 4.69) is 13.8 Å². The smallest absolute Gasteiger partial charge is 0.310 e. The molecule has 0 heterocycles. The SMILES string of the molecule is CC(C)CCCCCCCCOC(=O)C1CC=CCC1C(=O)OC(C)C. The number of unbranched alkanes of at least 4 members (excludes halogenated alkanes) is 5. The summed E-state index contributed by atoms with van der Waals surface area (Å²) < 4.78 is 10.7. The van der Waals surface area contributed by atoms with E-state index >= 15 is 0 Å². The van der Waals surface area contributed by atoms with Crippen molar-refractivity contribution < 1.29 is 19.1 Å². The zero-order chi connectivity index (χ0) is 19.4.